The first-order valence-corrected chi connectivity index (χ1v) is 6.39. The molecule has 16 heavy (non-hydrogen) atoms. The molecule has 0 aromatic carbocycles. The number of rotatable bonds is 8. The van der Waals surface area contributed by atoms with Crippen molar-refractivity contribution in [2.75, 3.05) is 6.61 Å². The van der Waals surface area contributed by atoms with Gasteiger partial charge in [-0.05, 0) is 0 Å². The van der Waals surface area contributed by atoms with Crippen LogP contribution < -0.4 is 10.2 Å². The molecule has 0 unspecified atom stereocenters. The first-order chi connectivity index (χ1) is 7.15. The van der Waals surface area contributed by atoms with Crippen LogP contribution in [-0.4, -0.2) is 35.8 Å². The van der Waals surface area contributed by atoms with Crippen molar-refractivity contribution < 1.29 is 10.2 Å². The minimum Gasteiger partial charge on any atom is -0.854 e. The summed E-state index contributed by atoms with van der Waals surface area (Å²) in [6, 6.07) is 0. The second-order valence-corrected chi connectivity index (χ2v) is 4.23. The van der Waals surface area contributed by atoms with Crippen LogP contribution in [0.2, 0.25) is 0 Å². The fraction of sp³-hybridized carbons (Fsp3) is 1.00. The van der Waals surface area contributed by atoms with Crippen LogP contribution in [0.4, 0.5) is 0 Å². The summed E-state index contributed by atoms with van der Waals surface area (Å²) < 4.78 is 0. The molecule has 0 spiro atoms. The zero-order chi connectivity index (χ0) is 11.9. The first kappa shape index (κ1) is 21.9. The summed E-state index contributed by atoms with van der Waals surface area (Å²) >= 11 is 0. The van der Waals surface area contributed by atoms with E-state index in [0.29, 0.717) is 0 Å². The van der Waals surface area contributed by atoms with Crippen molar-refractivity contribution in [3.8, 4) is 0 Å². The van der Waals surface area contributed by atoms with E-state index in [1.807, 2.05) is 0 Å². The number of hydrogen-bond acceptors (Lipinski definition) is 2. The molecule has 0 atom stereocenters. The van der Waals surface area contributed by atoms with Crippen LogP contribution in [0.5, 0.6) is 0 Å². The van der Waals surface area contributed by atoms with Gasteiger partial charge in [0.2, 0.25) is 0 Å². The van der Waals surface area contributed by atoms with Crippen molar-refractivity contribution >= 4 is 23.1 Å². The number of unbranched alkanes of at least 4 members (excludes halogenated alkanes) is 7. The average molecular weight is 241 g/mol. The Hall–Kier alpha value is 0.686. The van der Waals surface area contributed by atoms with E-state index in [9.17, 15) is 10.2 Å². The van der Waals surface area contributed by atoms with Crippen LogP contribution in [0.25, 0.3) is 0 Å². The van der Waals surface area contributed by atoms with Gasteiger partial charge in [-0.1, -0.05) is 72.1 Å². The van der Waals surface area contributed by atoms with E-state index < -0.39 is 6.10 Å². The fourth-order valence-corrected chi connectivity index (χ4v) is 1.24. The van der Waals surface area contributed by atoms with E-state index in [1.54, 1.807) is 13.8 Å². The Kier molecular flexibility index (Phi) is 28.8. The third-order valence-corrected chi connectivity index (χ3v) is 2.00. The van der Waals surface area contributed by atoms with Crippen molar-refractivity contribution in [1.82, 2.24) is 0 Å². The van der Waals surface area contributed by atoms with Crippen LogP contribution in [0, 0.1) is 0 Å². The average Bonchev–Trinajstić information content (AvgIpc) is 2.16. The molecule has 0 aliphatic rings. The zero-order valence-electron chi connectivity index (χ0n) is 11.5. The molecule has 94 valence electrons. The van der Waals surface area contributed by atoms with Crippen LogP contribution >= 0.6 is 0 Å². The minimum atomic E-state index is -0.417. The Labute approximate surface area is 118 Å². The molecule has 0 N–H and O–H groups in total. The molecule has 0 saturated heterocycles. The van der Waals surface area contributed by atoms with Gasteiger partial charge in [-0.2, -0.15) is 0 Å². The van der Waals surface area contributed by atoms with Crippen molar-refractivity contribution in [1.29, 1.82) is 0 Å². The monoisotopic (exact) mass is 240 g/mol. The maximum absolute atomic E-state index is 10.1. The smallest absolute Gasteiger partial charge is 0.854 e. The predicted octanol–water partition coefficient (Wildman–Crippen LogP) is 1.86. The molecule has 0 amide bonds. The summed E-state index contributed by atoms with van der Waals surface area (Å²) in [4.78, 5) is 0. The quantitative estimate of drug-likeness (QED) is 0.480. The molecule has 0 fully saturated rings. The third-order valence-electron chi connectivity index (χ3n) is 2.00. The van der Waals surface area contributed by atoms with Gasteiger partial charge in [-0.25, -0.2) is 0 Å². The number of hydrogen-bond donors (Lipinski definition) is 0. The van der Waals surface area contributed by atoms with Crippen LogP contribution in [0.15, 0.2) is 0 Å². The maximum Gasteiger partial charge on any atom is 2.00 e. The Morgan fingerprint density at radius 3 is 1.44 bits per heavy atom. The van der Waals surface area contributed by atoms with Crippen LogP contribution in [-0.2, 0) is 0 Å². The molecular weight excluding hydrogens is 212 g/mol. The molecule has 0 rings (SSSR count). The molecule has 3 heteroatoms. The molecule has 0 aromatic rings. The molecule has 0 saturated carbocycles. The Morgan fingerprint density at radius 1 is 0.812 bits per heavy atom. The van der Waals surface area contributed by atoms with Gasteiger partial charge in [0.15, 0.2) is 0 Å². The zero-order valence-corrected chi connectivity index (χ0v) is 12.9. The van der Waals surface area contributed by atoms with Gasteiger partial charge in [-0.15, -0.1) is 12.7 Å². The fourth-order valence-electron chi connectivity index (χ4n) is 1.24. The van der Waals surface area contributed by atoms with E-state index >= 15 is 0 Å². The van der Waals surface area contributed by atoms with Gasteiger partial charge in [0, 0.05) is 0 Å². The molecular formula is C13H28MgO2. The van der Waals surface area contributed by atoms with Gasteiger partial charge < -0.3 is 10.2 Å². The van der Waals surface area contributed by atoms with Gasteiger partial charge in [-0.3, -0.25) is 0 Å². The molecule has 0 bridgehead atoms. The van der Waals surface area contributed by atoms with Crippen LogP contribution in [0.1, 0.15) is 72.1 Å². The Bertz CT molecular complexity index is 87.2. The molecule has 2 nitrogen and oxygen atoms in total. The van der Waals surface area contributed by atoms with Gasteiger partial charge >= 0.3 is 23.1 Å². The summed E-state index contributed by atoms with van der Waals surface area (Å²) in [5, 5.41) is 19.6. The van der Waals surface area contributed by atoms with E-state index in [-0.39, 0.29) is 29.7 Å². The molecule has 0 aliphatic heterocycles. The van der Waals surface area contributed by atoms with Gasteiger partial charge in [0.25, 0.3) is 0 Å². The van der Waals surface area contributed by atoms with Crippen molar-refractivity contribution in [2.24, 2.45) is 0 Å². The molecule has 0 aliphatic carbocycles. The van der Waals surface area contributed by atoms with Crippen molar-refractivity contribution in [3.05, 3.63) is 0 Å². The summed E-state index contributed by atoms with van der Waals surface area (Å²) in [7, 11) is 0. The van der Waals surface area contributed by atoms with Crippen LogP contribution in [0.3, 0.4) is 0 Å². The summed E-state index contributed by atoms with van der Waals surface area (Å²) in [6.45, 7) is 5.58. The second-order valence-electron chi connectivity index (χ2n) is 4.23. The summed E-state index contributed by atoms with van der Waals surface area (Å²) in [6.07, 6.45) is 9.66. The van der Waals surface area contributed by atoms with E-state index in [0.717, 1.165) is 12.8 Å². The van der Waals surface area contributed by atoms with Crippen molar-refractivity contribution in [2.45, 2.75) is 78.2 Å². The normalized spacial score (nSPS) is 9.38. The Balaban J connectivity index is -0.000000292. The summed E-state index contributed by atoms with van der Waals surface area (Å²) in [5.41, 5.74) is 0. The van der Waals surface area contributed by atoms with Gasteiger partial charge in [0.1, 0.15) is 0 Å². The SMILES string of the molecule is CC(C)[O-].CCCCCCCCCC[O-].[Mg+2]. The standard InChI is InChI=1S/C10H21O.C3H7O.Mg/c1-2-3-4-5-6-7-8-9-10-11;1-3(2)4;/h2-10H2,1H3;3H,1-2H3;/q2*-1;+2. The topological polar surface area (TPSA) is 46.1 Å². The molecule has 0 radical (unpaired) electrons. The van der Waals surface area contributed by atoms with Gasteiger partial charge in [0.05, 0.1) is 0 Å². The van der Waals surface area contributed by atoms with E-state index in [2.05, 4.69) is 6.92 Å². The Morgan fingerprint density at radius 2 is 1.12 bits per heavy atom. The predicted molar refractivity (Wildman–Crippen MR) is 68.4 cm³/mol. The van der Waals surface area contributed by atoms with E-state index in [4.69, 9.17) is 0 Å². The minimum absolute atomic E-state index is 0. The summed E-state index contributed by atoms with van der Waals surface area (Å²) in [5.74, 6) is 0. The molecule has 0 aromatic heterocycles. The maximum atomic E-state index is 10.1. The molecule has 0 heterocycles. The largest absolute Gasteiger partial charge is 2.00 e. The van der Waals surface area contributed by atoms with E-state index in [1.165, 1.54) is 38.5 Å². The van der Waals surface area contributed by atoms with Crippen molar-refractivity contribution in [3.63, 3.8) is 0 Å². The second kappa shape index (κ2) is 21.0. The first-order valence-electron chi connectivity index (χ1n) is 6.39. The third kappa shape index (κ3) is 36.5.